The van der Waals surface area contributed by atoms with E-state index in [0.717, 1.165) is 13.1 Å². The number of nitrogens with zero attached hydrogens (tertiary/aromatic N) is 1. The second-order valence-corrected chi connectivity index (χ2v) is 5.72. The quantitative estimate of drug-likeness (QED) is 0.843. The smallest absolute Gasteiger partial charge is 0.0320 e. The molecule has 1 N–H and O–H groups in total. The molecule has 0 saturated carbocycles. The SMILES string of the molecule is CC(c1ccccc1)N1CCCNC(C)(C)C1. The van der Waals surface area contributed by atoms with Gasteiger partial charge in [-0.1, -0.05) is 30.3 Å². The van der Waals surface area contributed by atoms with Crippen LogP contribution in [0.4, 0.5) is 0 Å². The molecule has 1 atom stereocenters. The van der Waals surface area contributed by atoms with Crippen LogP contribution in [0.25, 0.3) is 0 Å². The molecule has 1 fully saturated rings. The van der Waals surface area contributed by atoms with Gasteiger partial charge in [0.15, 0.2) is 0 Å². The van der Waals surface area contributed by atoms with Crippen molar-refractivity contribution in [1.29, 1.82) is 0 Å². The molecule has 0 aliphatic carbocycles. The van der Waals surface area contributed by atoms with E-state index >= 15 is 0 Å². The van der Waals surface area contributed by atoms with Gasteiger partial charge in [-0.3, -0.25) is 4.90 Å². The van der Waals surface area contributed by atoms with Crippen LogP contribution in [-0.4, -0.2) is 30.1 Å². The van der Waals surface area contributed by atoms with Gasteiger partial charge in [0.25, 0.3) is 0 Å². The van der Waals surface area contributed by atoms with Crippen molar-refractivity contribution in [3.05, 3.63) is 35.9 Å². The maximum atomic E-state index is 3.62. The Morgan fingerprint density at radius 1 is 1.24 bits per heavy atom. The summed E-state index contributed by atoms with van der Waals surface area (Å²) in [5, 5.41) is 3.62. The minimum atomic E-state index is 0.222. The fraction of sp³-hybridized carbons (Fsp3) is 0.600. The number of rotatable bonds is 2. The Morgan fingerprint density at radius 2 is 1.94 bits per heavy atom. The number of hydrogen-bond donors (Lipinski definition) is 1. The molecule has 1 unspecified atom stereocenters. The van der Waals surface area contributed by atoms with E-state index in [1.54, 1.807) is 0 Å². The topological polar surface area (TPSA) is 15.3 Å². The average Bonchev–Trinajstić information content (AvgIpc) is 2.50. The highest BCUT2D eigenvalue weighted by molar-refractivity contribution is 5.18. The Labute approximate surface area is 105 Å². The first-order valence-electron chi connectivity index (χ1n) is 6.62. The molecule has 2 heteroatoms. The van der Waals surface area contributed by atoms with E-state index in [0.29, 0.717) is 6.04 Å². The van der Waals surface area contributed by atoms with Gasteiger partial charge in [-0.2, -0.15) is 0 Å². The first-order chi connectivity index (χ1) is 8.08. The highest BCUT2D eigenvalue weighted by Gasteiger charge is 2.27. The van der Waals surface area contributed by atoms with Crippen molar-refractivity contribution in [1.82, 2.24) is 10.2 Å². The monoisotopic (exact) mass is 232 g/mol. The zero-order valence-corrected chi connectivity index (χ0v) is 11.2. The molecular formula is C15H24N2. The van der Waals surface area contributed by atoms with Crippen LogP contribution in [0.1, 0.15) is 38.8 Å². The van der Waals surface area contributed by atoms with Crippen LogP contribution in [0.2, 0.25) is 0 Å². The lowest BCUT2D eigenvalue weighted by atomic mass is 10.0. The molecule has 1 aliphatic rings. The third kappa shape index (κ3) is 3.30. The summed E-state index contributed by atoms with van der Waals surface area (Å²) in [5.74, 6) is 0. The zero-order valence-electron chi connectivity index (χ0n) is 11.2. The van der Waals surface area contributed by atoms with Crippen LogP contribution in [0.5, 0.6) is 0 Å². The molecule has 0 amide bonds. The number of benzene rings is 1. The Kier molecular flexibility index (Phi) is 3.85. The third-order valence-electron chi connectivity index (χ3n) is 3.65. The minimum absolute atomic E-state index is 0.222. The van der Waals surface area contributed by atoms with Gasteiger partial charge in [-0.15, -0.1) is 0 Å². The molecule has 0 aromatic heterocycles. The second-order valence-electron chi connectivity index (χ2n) is 5.72. The maximum Gasteiger partial charge on any atom is 0.0320 e. The first-order valence-corrected chi connectivity index (χ1v) is 6.62. The molecule has 1 heterocycles. The zero-order chi connectivity index (χ0) is 12.3. The van der Waals surface area contributed by atoms with Crippen molar-refractivity contribution in [3.8, 4) is 0 Å². The molecule has 2 nitrogen and oxygen atoms in total. The van der Waals surface area contributed by atoms with Gasteiger partial charge >= 0.3 is 0 Å². The van der Waals surface area contributed by atoms with E-state index in [2.05, 4.69) is 61.3 Å². The molecule has 94 valence electrons. The van der Waals surface area contributed by atoms with Crippen LogP contribution in [-0.2, 0) is 0 Å². The predicted molar refractivity (Wildman–Crippen MR) is 73.1 cm³/mol. The highest BCUT2D eigenvalue weighted by atomic mass is 15.2. The van der Waals surface area contributed by atoms with Crippen molar-refractivity contribution < 1.29 is 0 Å². The van der Waals surface area contributed by atoms with Gasteiger partial charge in [-0.05, 0) is 39.3 Å². The Balaban J connectivity index is 2.10. The van der Waals surface area contributed by atoms with Crippen LogP contribution in [0.15, 0.2) is 30.3 Å². The summed E-state index contributed by atoms with van der Waals surface area (Å²) in [7, 11) is 0. The summed E-state index contributed by atoms with van der Waals surface area (Å²) < 4.78 is 0. The lowest BCUT2D eigenvalue weighted by Crippen LogP contribution is -2.46. The summed E-state index contributed by atoms with van der Waals surface area (Å²) >= 11 is 0. The van der Waals surface area contributed by atoms with E-state index in [4.69, 9.17) is 0 Å². The van der Waals surface area contributed by atoms with Gasteiger partial charge in [0.05, 0.1) is 0 Å². The van der Waals surface area contributed by atoms with Crippen molar-refractivity contribution in [2.45, 2.75) is 38.8 Å². The summed E-state index contributed by atoms with van der Waals surface area (Å²) in [6.45, 7) is 10.3. The highest BCUT2D eigenvalue weighted by Crippen LogP contribution is 2.23. The lowest BCUT2D eigenvalue weighted by Gasteiger charge is -2.34. The van der Waals surface area contributed by atoms with Crippen LogP contribution >= 0.6 is 0 Å². The summed E-state index contributed by atoms with van der Waals surface area (Å²) in [6.07, 6.45) is 1.24. The van der Waals surface area contributed by atoms with Gasteiger partial charge in [0.2, 0.25) is 0 Å². The van der Waals surface area contributed by atoms with Crippen molar-refractivity contribution in [3.63, 3.8) is 0 Å². The van der Waals surface area contributed by atoms with Gasteiger partial charge in [0.1, 0.15) is 0 Å². The third-order valence-corrected chi connectivity index (χ3v) is 3.65. The molecule has 1 saturated heterocycles. The maximum absolute atomic E-state index is 3.62. The molecule has 1 aromatic carbocycles. The Hall–Kier alpha value is -0.860. The molecule has 0 spiro atoms. The summed E-state index contributed by atoms with van der Waals surface area (Å²) in [6, 6.07) is 11.3. The van der Waals surface area contributed by atoms with E-state index in [1.165, 1.54) is 18.5 Å². The van der Waals surface area contributed by atoms with E-state index in [1.807, 2.05) is 0 Å². The van der Waals surface area contributed by atoms with Crippen molar-refractivity contribution >= 4 is 0 Å². The van der Waals surface area contributed by atoms with Gasteiger partial charge in [0, 0.05) is 24.7 Å². The summed E-state index contributed by atoms with van der Waals surface area (Å²) in [5.41, 5.74) is 1.64. The van der Waals surface area contributed by atoms with Crippen molar-refractivity contribution in [2.75, 3.05) is 19.6 Å². The largest absolute Gasteiger partial charge is 0.310 e. The minimum Gasteiger partial charge on any atom is -0.310 e. The summed E-state index contributed by atoms with van der Waals surface area (Å²) in [4.78, 5) is 2.59. The fourth-order valence-corrected chi connectivity index (χ4v) is 2.62. The standard InChI is InChI=1S/C15H24N2/c1-13(14-8-5-4-6-9-14)17-11-7-10-16-15(2,3)12-17/h4-6,8-9,13,16H,7,10-12H2,1-3H3. The molecule has 0 bridgehead atoms. The van der Waals surface area contributed by atoms with Gasteiger partial charge in [-0.25, -0.2) is 0 Å². The normalized spacial score (nSPS) is 23.0. The lowest BCUT2D eigenvalue weighted by molar-refractivity contribution is 0.180. The Bertz CT molecular complexity index is 345. The van der Waals surface area contributed by atoms with Crippen LogP contribution in [0, 0.1) is 0 Å². The number of nitrogens with one attached hydrogen (secondary N) is 1. The molecule has 1 aromatic rings. The second kappa shape index (κ2) is 5.19. The van der Waals surface area contributed by atoms with Crippen LogP contribution in [0.3, 0.4) is 0 Å². The van der Waals surface area contributed by atoms with Crippen LogP contribution < -0.4 is 5.32 Å². The molecule has 17 heavy (non-hydrogen) atoms. The molecule has 0 radical (unpaired) electrons. The first kappa shape index (κ1) is 12.6. The van der Waals surface area contributed by atoms with E-state index in [-0.39, 0.29) is 5.54 Å². The van der Waals surface area contributed by atoms with Crippen molar-refractivity contribution in [2.24, 2.45) is 0 Å². The molecule has 2 rings (SSSR count). The fourth-order valence-electron chi connectivity index (χ4n) is 2.62. The predicted octanol–water partition coefficient (Wildman–Crippen LogP) is 2.82. The number of hydrogen-bond acceptors (Lipinski definition) is 2. The van der Waals surface area contributed by atoms with Gasteiger partial charge < -0.3 is 5.32 Å². The van der Waals surface area contributed by atoms with E-state index in [9.17, 15) is 0 Å². The molecule has 1 aliphatic heterocycles. The van der Waals surface area contributed by atoms with E-state index < -0.39 is 0 Å². The Morgan fingerprint density at radius 3 is 2.65 bits per heavy atom. The molecular weight excluding hydrogens is 208 g/mol. The average molecular weight is 232 g/mol.